The van der Waals surface area contributed by atoms with E-state index < -0.39 is 6.89 Å². The number of rotatable bonds is 18. The molecule has 0 heterocycles. The van der Waals surface area contributed by atoms with Crippen LogP contribution in [-0.2, 0) is 0 Å². The Hall–Kier alpha value is -1.12. The van der Waals surface area contributed by atoms with Crippen molar-refractivity contribution in [2.75, 3.05) is 25.0 Å². The lowest BCUT2D eigenvalue weighted by Crippen LogP contribution is -2.27. The zero-order valence-corrected chi connectivity index (χ0v) is 21.8. The molecule has 2 atom stereocenters. The normalized spacial score (nSPS) is 14.2. The first-order chi connectivity index (χ1) is 14.1. The highest BCUT2D eigenvalue weighted by atomic mass is 31.2. The SMILES string of the molecule is C#CCCCC(=C)CCNC(=C)[C@H](CP(=C)(CCC)CCCC(=C)C(C)C)C(C)C. The molecule has 1 nitrogen and oxygen atoms in total. The Labute approximate surface area is 189 Å². The van der Waals surface area contributed by atoms with Gasteiger partial charge in [0.2, 0.25) is 0 Å². The van der Waals surface area contributed by atoms with Crippen LogP contribution in [-0.4, -0.2) is 31.3 Å². The van der Waals surface area contributed by atoms with Gasteiger partial charge in [0.05, 0.1) is 0 Å². The average molecular weight is 432 g/mol. The first-order valence-corrected chi connectivity index (χ1v) is 14.5. The third-order valence-corrected chi connectivity index (χ3v) is 9.99. The quantitative estimate of drug-likeness (QED) is 0.100. The monoisotopic (exact) mass is 431 g/mol. The topological polar surface area (TPSA) is 12.0 Å². The summed E-state index contributed by atoms with van der Waals surface area (Å²) < 4.78 is 0. The van der Waals surface area contributed by atoms with Crippen LogP contribution < -0.4 is 5.32 Å². The van der Waals surface area contributed by atoms with Crippen molar-refractivity contribution < 1.29 is 0 Å². The van der Waals surface area contributed by atoms with Crippen molar-refractivity contribution >= 4 is 13.2 Å². The molecule has 0 bridgehead atoms. The number of unbranched alkanes of at least 4 members (excludes halogenated alkanes) is 1. The van der Waals surface area contributed by atoms with Gasteiger partial charge in [0.25, 0.3) is 0 Å². The van der Waals surface area contributed by atoms with E-state index >= 15 is 0 Å². The molecule has 0 spiro atoms. The van der Waals surface area contributed by atoms with Crippen LogP contribution in [0.15, 0.2) is 36.6 Å². The summed E-state index contributed by atoms with van der Waals surface area (Å²) in [6, 6.07) is 0. The molecule has 0 aliphatic rings. The molecule has 1 N–H and O–H groups in total. The molecule has 0 aromatic rings. The molecule has 0 saturated carbocycles. The molecule has 172 valence electrons. The van der Waals surface area contributed by atoms with Crippen LogP contribution in [0.4, 0.5) is 0 Å². The van der Waals surface area contributed by atoms with Gasteiger partial charge in [0.15, 0.2) is 0 Å². The van der Waals surface area contributed by atoms with Crippen LogP contribution in [0.1, 0.15) is 79.6 Å². The van der Waals surface area contributed by atoms with Gasteiger partial charge < -0.3 is 5.32 Å². The van der Waals surface area contributed by atoms with Gasteiger partial charge in [0, 0.05) is 24.6 Å². The van der Waals surface area contributed by atoms with Crippen LogP contribution in [0, 0.1) is 30.1 Å². The summed E-state index contributed by atoms with van der Waals surface area (Å²) in [5.74, 6) is 4.36. The van der Waals surface area contributed by atoms with Crippen molar-refractivity contribution in [2.45, 2.75) is 79.6 Å². The molecule has 0 saturated heterocycles. The lowest BCUT2D eigenvalue weighted by Gasteiger charge is -2.33. The molecule has 2 heteroatoms. The van der Waals surface area contributed by atoms with E-state index in [0.717, 1.165) is 38.6 Å². The summed E-state index contributed by atoms with van der Waals surface area (Å²) in [5, 5.41) is 3.62. The maximum atomic E-state index is 5.34. The van der Waals surface area contributed by atoms with Gasteiger partial charge >= 0.3 is 0 Å². The molecule has 0 aromatic carbocycles. The minimum Gasteiger partial charge on any atom is -0.388 e. The first-order valence-electron chi connectivity index (χ1n) is 12.0. The molecule has 0 aliphatic carbocycles. The van der Waals surface area contributed by atoms with Crippen molar-refractivity contribution in [3.05, 3.63) is 36.6 Å². The Kier molecular flexibility index (Phi) is 15.1. The van der Waals surface area contributed by atoms with E-state index in [4.69, 9.17) is 12.7 Å². The molecule has 1 unspecified atom stereocenters. The van der Waals surface area contributed by atoms with Gasteiger partial charge in [-0.25, -0.2) is 0 Å². The Morgan fingerprint density at radius 1 is 1.00 bits per heavy atom. The number of hydrogen-bond acceptors (Lipinski definition) is 1. The Balaban J connectivity index is 4.79. The molecule has 0 rings (SSSR count). The Morgan fingerprint density at radius 2 is 1.67 bits per heavy atom. The second kappa shape index (κ2) is 15.6. The van der Waals surface area contributed by atoms with Crippen molar-refractivity contribution in [3.63, 3.8) is 0 Å². The highest BCUT2D eigenvalue weighted by Crippen LogP contribution is 2.50. The van der Waals surface area contributed by atoms with Crippen LogP contribution in [0.3, 0.4) is 0 Å². The fraction of sp³-hybridized carbons (Fsp3) is 0.679. The molecule has 0 radical (unpaired) electrons. The summed E-state index contributed by atoms with van der Waals surface area (Å²) in [5.41, 5.74) is 3.85. The number of terminal acetylenes is 1. The van der Waals surface area contributed by atoms with Gasteiger partial charge in [0.1, 0.15) is 0 Å². The second-order valence-electron chi connectivity index (χ2n) is 9.75. The van der Waals surface area contributed by atoms with E-state index in [9.17, 15) is 0 Å². The zero-order valence-electron chi connectivity index (χ0n) is 20.9. The number of hydrogen-bond donors (Lipinski definition) is 1. The largest absolute Gasteiger partial charge is 0.388 e. The van der Waals surface area contributed by atoms with Gasteiger partial charge in [-0.3, -0.25) is 0 Å². The molecular weight excluding hydrogens is 381 g/mol. The maximum Gasteiger partial charge on any atom is 0.0181 e. The molecule has 0 aromatic heterocycles. The number of nitrogens with one attached hydrogen (secondary N) is 1. The van der Waals surface area contributed by atoms with E-state index in [1.54, 1.807) is 0 Å². The summed E-state index contributed by atoms with van der Waals surface area (Å²) in [7, 11) is 0. The van der Waals surface area contributed by atoms with Crippen LogP contribution in [0.2, 0.25) is 0 Å². The van der Waals surface area contributed by atoms with E-state index in [1.807, 2.05) is 0 Å². The van der Waals surface area contributed by atoms with Crippen molar-refractivity contribution in [1.29, 1.82) is 0 Å². The van der Waals surface area contributed by atoms with Gasteiger partial charge in [-0.1, -0.05) is 71.9 Å². The van der Waals surface area contributed by atoms with Crippen LogP contribution >= 0.6 is 6.89 Å². The minimum atomic E-state index is -1.22. The minimum absolute atomic E-state index is 0.491. The lowest BCUT2D eigenvalue weighted by atomic mass is 9.95. The van der Waals surface area contributed by atoms with Gasteiger partial charge in [-0.05, 0) is 62.4 Å². The predicted octanol–water partition coefficient (Wildman–Crippen LogP) is 7.96. The summed E-state index contributed by atoms with van der Waals surface area (Å²) >= 11 is 0. The van der Waals surface area contributed by atoms with Gasteiger partial charge in [-0.15, -0.1) is 25.5 Å². The molecule has 0 fully saturated rings. The highest BCUT2D eigenvalue weighted by molar-refractivity contribution is 7.73. The fourth-order valence-corrected chi connectivity index (χ4v) is 7.78. The van der Waals surface area contributed by atoms with E-state index in [1.165, 1.54) is 48.2 Å². The Bertz CT molecular complexity index is 617. The third kappa shape index (κ3) is 12.5. The lowest BCUT2D eigenvalue weighted by molar-refractivity contribution is 0.457. The predicted molar refractivity (Wildman–Crippen MR) is 144 cm³/mol. The fourth-order valence-electron chi connectivity index (χ4n) is 3.94. The Morgan fingerprint density at radius 3 is 2.20 bits per heavy atom. The molecule has 0 aliphatic heterocycles. The standard InChI is InChI=1S/C28H50NP/c1-11-13-14-16-25(7)18-19-29-27(9)28(24(5)6)22-30(10,20-12-2)21-15-17-26(8)23(3)4/h1,23-24,28-29H,7-10,12-22H2,2-6H3/t28-,30?/m1/s1. The van der Waals surface area contributed by atoms with Crippen LogP contribution in [0.25, 0.3) is 0 Å². The molecule has 0 amide bonds. The van der Waals surface area contributed by atoms with Crippen molar-refractivity contribution in [2.24, 2.45) is 17.8 Å². The smallest absolute Gasteiger partial charge is 0.0181 e. The second-order valence-corrected chi connectivity index (χ2v) is 13.7. The molecule has 30 heavy (non-hydrogen) atoms. The van der Waals surface area contributed by atoms with E-state index in [0.29, 0.717) is 17.8 Å². The van der Waals surface area contributed by atoms with Gasteiger partial charge in [-0.2, -0.15) is 0 Å². The number of allylic oxidation sites excluding steroid dienone is 2. The molecular formula is C28H50NP. The van der Waals surface area contributed by atoms with Crippen LogP contribution in [0.5, 0.6) is 0 Å². The van der Waals surface area contributed by atoms with Crippen molar-refractivity contribution in [3.8, 4) is 12.3 Å². The summed E-state index contributed by atoms with van der Waals surface area (Å²) in [4.78, 5) is 0. The first kappa shape index (κ1) is 28.9. The third-order valence-electron chi connectivity index (χ3n) is 6.16. The van der Waals surface area contributed by atoms with E-state index in [-0.39, 0.29) is 0 Å². The van der Waals surface area contributed by atoms with E-state index in [2.05, 4.69) is 65.6 Å². The zero-order chi connectivity index (χ0) is 23.2. The maximum absolute atomic E-state index is 5.34. The average Bonchev–Trinajstić information content (AvgIpc) is 2.66. The summed E-state index contributed by atoms with van der Waals surface area (Å²) in [6.45, 7) is 24.0. The summed E-state index contributed by atoms with van der Waals surface area (Å²) in [6.07, 6.45) is 21.4. The highest BCUT2D eigenvalue weighted by Gasteiger charge is 2.24. The van der Waals surface area contributed by atoms with Crippen molar-refractivity contribution in [1.82, 2.24) is 5.32 Å².